The summed E-state index contributed by atoms with van der Waals surface area (Å²) in [4.78, 5) is 70.6. The lowest BCUT2D eigenvalue weighted by molar-refractivity contribution is -0.396. The molecule has 2 saturated heterocycles. The van der Waals surface area contributed by atoms with Crippen LogP contribution < -0.4 is 4.74 Å². The molecule has 4 aliphatic rings. The standard InChI is InChI=1S/C39H44N4O16/c1-16(44)10-26-57-19(4)42(38(50)55-15-20-14-40-37(41(20)5)43(52)53)23-11-27(56-17(2)36(23)59-26)58-25-13-39(51,18(3)45)12-22-29(25)35(49)31-30(33(22)47)32(46)21-8-7-9-24(54-6)28(21)34(31)48/h7-9,14,16-17,19,23,25-27,36,44,47,49,51H,10-13,15H2,1-6H3. The van der Waals surface area contributed by atoms with Crippen molar-refractivity contribution in [2.75, 3.05) is 7.11 Å². The highest BCUT2D eigenvalue weighted by Crippen LogP contribution is 2.53. The number of phenols is 2. The van der Waals surface area contributed by atoms with Crippen molar-refractivity contribution >= 4 is 29.4 Å². The summed E-state index contributed by atoms with van der Waals surface area (Å²) in [5, 5.41) is 56.9. The molecule has 4 N–H and O–H groups in total. The predicted octanol–water partition coefficient (Wildman–Crippen LogP) is 2.85. The van der Waals surface area contributed by atoms with E-state index in [1.54, 1.807) is 13.8 Å². The quantitative estimate of drug-likeness (QED) is 0.107. The van der Waals surface area contributed by atoms with Gasteiger partial charge in [0.2, 0.25) is 5.78 Å². The molecule has 2 aliphatic heterocycles. The van der Waals surface area contributed by atoms with Crippen molar-refractivity contribution < 1.29 is 72.9 Å². The van der Waals surface area contributed by atoms with Gasteiger partial charge in [0.05, 0.1) is 55.2 Å². The van der Waals surface area contributed by atoms with Gasteiger partial charge < -0.3 is 59.0 Å². The summed E-state index contributed by atoms with van der Waals surface area (Å²) < 4.78 is 37.3. The highest BCUT2D eigenvalue weighted by molar-refractivity contribution is 6.31. The van der Waals surface area contributed by atoms with Crippen LogP contribution in [0.15, 0.2) is 24.4 Å². The second-order valence-electron chi connectivity index (χ2n) is 15.2. The van der Waals surface area contributed by atoms with Gasteiger partial charge in [-0.1, -0.05) is 17.1 Å². The number of carbonyl (C=O) groups excluding carboxylic acids is 4. The maximum Gasteiger partial charge on any atom is 0.434 e. The van der Waals surface area contributed by atoms with Gasteiger partial charge in [0.15, 0.2) is 36.4 Å². The Morgan fingerprint density at radius 1 is 1.10 bits per heavy atom. The average Bonchev–Trinajstić information content (AvgIpc) is 3.47. The highest BCUT2D eigenvalue weighted by atomic mass is 16.7. The number of ketones is 3. The number of aliphatic hydroxyl groups excluding tert-OH is 1. The Morgan fingerprint density at radius 3 is 2.46 bits per heavy atom. The van der Waals surface area contributed by atoms with E-state index in [0.29, 0.717) is 0 Å². The molecular weight excluding hydrogens is 780 g/mol. The van der Waals surface area contributed by atoms with Crippen molar-refractivity contribution in [3.63, 3.8) is 0 Å². The van der Waals surface area contributed by atoms with E-state index >= 15 is 0 Å². The predicted molar refractivity (Wildman–Crippen MR) is 198 cm³/mol. The fourth-order valence-corrected chi connectivity index (χ4v) is 8.45. The molecule has 0 bridgehead atoms. The molecule has 0 radical (unpaired) electrons. The smallest absolute Gasteiger partial charge is 0.434 e. The minimum Gasteiger partial charge on any atom is -0.507 e. The molecule has 1 amide bonds. The Kier molecular flexibility index (Phi) is 11.0. The first kappa shape index (κ1) is 41.6. The molecular formula is C39H44N4O16. The van der Waals surface area contributed by atoms with Crippen molar-refractivity contribution in [3.05, 3.63) is 73.6 Å². The molecule has 3 aromatic rings. The summed E-state index contributed by atoms with van der Waals surface area (Å²) in [5.41, 5.74) is -3.51. The fraction of sp³-hybridized carbons (Fsp3) is 0.513. The number of aliphatic hydroxyl groups is 2. The van der Waals surface area contributed by atoms with Crippen LogP contribution in [-0.4, -0.2) is 119 Å². The number of imidazole rings is 1. The second kappa shape index (κ2) is 15.6. The number of aromatic hydroxyl groups is 2. The van der Waals surface area contributed by atoms with Crippen LogP contribution in [0.1, 0.15) is 102 Å². The van der Waals surface area contributed by atoms with E-state index in [9.17, 15) is 49.7 Å². The van der Waals surface area contributed by atoms with E-state index in [1.807, 2.05) is 0 Å². The lowest BCUT2D eigenvalue weighted by Gasteiger charge is -2.45. The van der Waals surface area contributed by atoms with Crippen molar-refractivity contribution in [3.8, 4) is 17.2 Å². The molecule has 9 atom stereocenters. The number of benzene rings is 2. The summed E-state index contributed by atoms with van der Waals surface area (Å²) in [6.45, 7) is 5.47. The number of aromatic nitrogens is 2. The van der Waals surface area contributed by atoms with Crippen LogP contribution in [0, 0.1) is 10.1 Å². The zero-order valence-electron chi connectivity index (χ0n) is 32.9. The number of phenolic OH excluding ortho intramolecular Hbond substituents is 2. The van der Waals surface area contributed by atoms with Gasteiger partial charge in [-0.05, 0) is 38.7 Å². The molecule has 316 valence electrons. The topological polar surface area (TPSA) is 269 Å². The van der Waals surface area contributed by atoms with E-state index in [4.69, 9.17) is 28.4 Å². The van der Waals surface area contributed by atoms with Gasteiger partial charge in [-0.15, -0.1) is 0 Å². The van der Waals surface area contributed by atoms with Gasteiger partial charge in [-0.25, -0.2) is 9.36 Å². The van der Waals surface area contributed by atoms with E-state index in [1.165, 1.54) is 50.4 Å². The largest absolute Gasteiger partial charge is 0.507 e. The van der Waals surface area contributed by atoms with E-state index in [-0.39, 0.29) is 46.5 Å². The number of amides is 1. The Hall–Kier alpha value is -5.51. The molecule has 20 nitrogen and oxygen atoms in total. The minimum atomic E-state index is -2.17. The van der Waals surface area contributed by atoms with E-state index < -0.39 is 131 Å². The van der Waals surface area contributed by atoms with Gasteiger partial charge in [-0.3, -0.25) is 19.3 Å². The number of rotatable bonds is 9. The summed E-state index contributed by atoms with van der Waals surface area (Å²) >= 11 is 0. The van der Waals surface area contributed by atoms with Crippen LogP contribution in [0.25, 0.3) is 0 Å². The number of ether oxygens (including phenoxy) is 6. The molecule has 1 aromatic heterocycles. The van der Waals surface area contributed by atoms with Crippen molar-refractivity contribution in [1.29, 1.82) is 0 Å². The summed E-state index contributed by atoms with van der Waals surface area (Å²) in [5.74, 6) is -4.14. The Bertz CT molecular complexity index is 2240. The molecule has 2 aliphatic carbocycles. The second-order valence-corrected chi connectivity index (χ2v) is 15.2. The van der Waals surface area contributed by atoms with Crippen LogP contribution in [0.2, 0.25) is 0 Å². The maximum absolute atomic E-state index is 14.1. The number of Topliss-reactive ketones (excluding diaryl/α,β-unsaturated/α-hetero) is 1. The zero-order chi connectivity index (χ0) is 42.8. The molecule has 0 saturated carbocycles. The SMILES string of the molecule is COc1cccc2c1C(=O)c1c(O)c3c(c(O)c1C2=O)CC(O)(C(C)=O)CC3OC1CC2C(OC(CC(C)O)OC(C)N2C(=O)OCc2cnc([N+](=O)[O-])n2C)C(C)O1. The van der Waals surface area contributed by atoms with Gasteiger partial charge in [0.25, 0.3) is 0 Å². The third-order valence-corrected chi connectivity index (χ3v) is 11.4. The number of methoxy groups -OCH3 is 1. The van der Waals surface area contributed by atoms with Crippen molar-refractivity contribution in [2.24, 2.45) is 7.05 Å². The number of hydrogen-bond donors (Lipinski definition) is 4. The molecule has 59 heavy (non-hydrogen) atoms. The van der Waals surface area contributed by atoms with E-state index in [2.05, 4.69) is 4.98 Å². The average molecular weight is 825 g/mol. The van der Waals surface area contributed by atoms with Crippen LogP contribution >= 0.6 is 0 Å². The molecule has 2 aromatic carbocycles. The Balaban J connectivity index is 1.25. The minimum absolute atomic E-state index is 0.0228. The van der Waals surface area contributed by atoms with Crippen LogP contribution in [0.5, 0.6) is 17.2 Å². The van der Waals surface area contributed by atoms with Gasteiger partial charge in [0, 0.05) is 42.4 Å². The van der Waals surface area contributed by atoms with Gasteiger partial charge in [0.1, 0.15) is 41.4 Å². The maximum atomic E-state index is 14.1. The summed E-state index contributed by atoms with van der Waals surface area (Å²) in [6.07, 6.45) is -8.28. The molecule has 20 heteroatoms. The Labute approximate surface area is 336 Å². The number of nitro groups is 1. The van der Waals surface area contributed by atoms with E-state index in [0.717, 1.165) is 11.5 Å². The number of carbonyl (C=O) groups is 4. The summed E-state index contributed by atoms with van der Waals surface area (Å²) in [7, 11) is 2.70. The van der Waals surface area contributed by atoms with Crippen LogP contribution in [0.3, 0.4) is 0 Å². The van der Waals surface area contributed by atoms with Gasteiger partial charge >= 0.3 is 12.0 Å². The lowest BCUT2D eigenvalue weighted by atomic mass is 9.72. The number of hydrogen-bond acceptors (Lipinski definition) is 17. The Morgan fingerprint density at radius 2 is 1.81 bits per heavy atom. The molecule has 2 fully saturated rings. The normalized spacial score (nSPS) is 28.1. The molecule has 3 heterocycles. The molecule has 7 rings (SSSR count). The van der Waals surface area contributed by atoms with Crippen molar-refractivity contribution in [1.82, 2.24) is 14.5 Å². The highest BCUT2D eigenvalue weighted by Gasteiger charge is 2.52. The monoisotopic (exact) mass is 824 g/mol. The third-order valence-electron chi connectivity index (χ3n) is 11.4. The zero-order valence-corrected chi connectivity index (χ0v) is 32.9. The fourth-order valence-electron chi connectivity index (χ4n) is 8.45. The molecule has 9 unspecified atom stereocenters. The first-order valence-electron chi connectivity index (χ1n) is 18.9. The third kappa shape index (κ3) is 7.18. The number of fused-ring (bicyclic) bond motifs is 4. The van der Waals surface area contributed by atoms with Gasteiger partial charge in [-0.2, -0.15) is 0 Å². The first-order chi connectivity index (χ1) is 27.9. The van der Waals surface area contributed by atoms with Crippen LogP contribution in [0.4, 0.5) is 10.7 Å². The van der Waals surface area contributed by atoms with Crippen LogP contribution in [-0.2, 0) is 48.6 Å². The molecule has 0 spiro atoms. The lowest BCUT2D eigenvalue weighted by Crippen LogP contribution is -2.59. The summed E-state index contributed by atoms with van der Waals surface area (Å²) in [6, 6.07) is 3.41. The first-order valence-corrected chi connectivity index (χ1v) is 18.9. The van der Waals surface area contributed by atoms with Crippen molar-refractivity contribution in [2.45, 2.75) is 115 Å². The number of nitrogens with zero attached hydrogens (tertiary/aromatic N) is 4.